The Morgan fingerprint density at radius 1 is 1.00 bits per heavy atom. The number of rotatable bonds is 4. The molecule has 20 heavy (non-hydrogen) atoms. The highest BCUT2D eigenvalue weighted by molar-refractivity contribution is 7.80. The van der Waals surface area contributed by atoms with Gasteiger partial charge in [-0.25, -0.2) is 0 Å². The van der Waals surface area contributed by atoms with Crippen molar-refractivity contribution in [3.05, 3.63) is 65.2 Å². The fraction of sp³-hybridized carbons (Fsp3) is 0.235. The summed E-state index contributed by atoms with van der Waals surface area (Å²) in [5.74, 6) is 0. The van der Waals surface area contributed by atoms with E-state index in [0.717, 1.165) is 18.7 Å². The molecule has 2 aromatic carbocycles. The zero-order valence-electron chi connectivity index (χ0n) is 11.9. The quantitative estimate of drug-likeness (QED) is 0.834. The summed E-state index contributed by atoms with van der Waals surface area (Å²) < 4.78 is 0. The molecule has 104 valence electrons. The van der Waals surface area contributed by atoms with Crippen molar-refractivity contribution in [2.75, 3.05) is 11.9 Å². The Bertz CT molecular complexity index is 576. The first-order chi connectivity index (χ1) is 9.65. The number of anilines is 1. The summed E-state index contributed by atoms with van der Waals surface area (Å²) in [6.45, 7) is 5.04. The smallest absolute Gasteiger partial charge is 0.170 e. The summed E-state index contributed by atoms with van der Waals surface area (Å²) >= 11 is 5.29. The fourth-order valence-electron chi connectivity index (χ4n) is 2.01. The van der Waals surface area contributed by atoms with E-state index in [0.29, 0.717) is 5.11 Å². The molecular formula is C17H20N2S. The number of hydrogen-bond donors (Lipinski definition) is 2. The van der Waals surface area contributed by atoms with Gasteiger partial charge in [0.25, 0.3) is 0 Å². The average molecular weight is 284 g/mol. The van der Waals surface area contributed by atoms with Gasteiger partial charge in [0.15, 0.2) is 5.11 Å². The van der Waals surface area contributed by atoms with Crippen LogP contribution in [0.5, 0.6) is 0 Å². The van der Waals surface area contributed by atoms with E-state index >= 15 is 0 Å². The molecule has 2 N–H and O–H groups in total. The van der Waals surface area contributed by atoms with Crippen molar-refractivity contribution in [2.24, 2.45) is 0 Å². The molecular weight excluding hydrogens is 264 g/mol. The molecule has 0 heterocycles. The maximum Gasteiger partial charge on any atom is 0.170 e. The van der Waals surface area contributed by atoms with Crippen LogP contribution in [0.4, 0.5) is 5.69 Å². The van der Waals surface area contributed by atoms with Crippen LogP contribution in [0.15, 0.2) is 48.5 Å². The average Bonchev–Trinajstić information content (AvgIpc) is 2.43. The van der Waals surface area contributed by atoms with Crippen LogP contribution in [0.3, 0.4) is 0 Å². The van der Waals surface area contributed by atoms with Gasteiger partial charge in [0.05, 0.1) is 0 Å². The number of benzene rings is 2. The molecule has 0 aliphatic rings. The number of nitrogens with one attached hydrogen (secondary N) is 2. The van der Waals surface area contributed by atoms with Crippen LogP contribution in [0.25, 0.3) is 0 Å². The molecule has 2 aromatic rings. The maximum absolute atomic E-state index is 5.29. The van der Waals surface area contributed by atoms with Gasteiger partial charge in [-0.1, -0.05) is 42.0 Å². The molecule has 0 bridgehead atoms. The van der Waals surface area contributed by atoms with Crippen LogP contribution in [0.1, 0.15) is 16.7 Å². The second-order valence-corrected chi connectivity index (χ2v) is 5.33. The highest BCUT2D eigenvalue weighted by Gasteiger charge is 1.99. The number of hydrogen-bond acceptors (Lipinski definition) is 1. The van der Waals surface area contributed by atoms with E-state index in [1.807, 2.05) is 12.1 Å². The summed E-state index contributed by atoms with van der Waals surface area (Å²) in [6.07, 6.45) is 0.975. The van der Waals surface area contributed by atoms with Crippen LogP contribution >= 0.6 is 12.2 Å². The molecule has 3 heteroatoms. The first-order valence-corrected chi connectivity index (χ1v) is 7.22. The van der Waals surface area contributed by atoms with Crippen molar-refractivity contribution < 1.29 is 0 Å². The van der Waals surface area contributed by atoms with Crippen molar-refractivity contribution in [1.82, 2.24) is 5.32 Å². The standard InChI is InChI=1S/C17H20N2S/c1-13-7-9-16(10-8-13)19-17(20)18-12-11-15-6-4-3-5-14(15)2/h3-10H,11-12H2,1-2H3,(H2,18,19,20). The SMILES string of the molecule is Cc1ccc(NC(=S)NCCc2ccccc2C)cc1. The van der Waals surface area contributed by atoms with Gasteiger partial charge in [-0.2, -0.15) is 0 Å². The molecule has 2 rings (SSSR count). The van der Waals surface area contributed by atoms with E-state index in [-0.39, 0.29) is 0 Å². The fourth-order valence-corrected chi connectivity index (χ4v) is 2.23. The third-order valence-electron chi connectivity index (χ3n) is 3.25. The van der Waals surface area contributed by atoms with Gasteiger partial charge < -0.3 is 10.6 Å². The van der Waals surface area contributed by atoms with Crippen LogP contribution in [-0.4, -0.2) is 11.7 Å². The van der Waals surface area contributed by atoms with Crippen LogP contribution in [0.2, 0.25) is 0 Å². The summed E-state index contributed by atoms with van der Waals surface area (Å²) in [5.41, 5.74) is 4.95. The topological polar surface area (TPSA) is 24.1 Å². The normalized spacial score (nSPS) is 10.1. The lowest BCUT2D eigenvalue weighted by molar-refractivity contribution is 0.868. The molecule has 0 radical (unpaired) electrons. The molecule has 0 atom stereocenters. The third-order valence-corrected chi connectivity index (χ3v) is 3.50. The second kappa shape index (κ2) is 7.06. The van der Waals surface area contributed by atoms with Gasteiger partial charge in [0.2, 0.25) is 0 Å². The molecule has 0 aliphatic carbocycles. The molecule has 0 fully saturated rings. The molecule has 0 aliphatic heterocycles. The summed E-state index contributed by atoms with van der Waals surface area (Å²) in [6, 6.07) is 16.6. The van der Waals surface area contributed by atoms with E-state index in [9.17, 15) is 0 Å². The molecule has 0 saturated carbocycles. The van der Waals surface area contributed by atoms with Crippen LogP contribution in [0, 0.1) is 13.8 Å². The Hall–Kier alpha value is -1.87. The van der Waals surface area contributed by atoms with Gasteiger partial charge in [0.1, 0.15) is 0 Å². The minimum Gasteiger partial charge on any atom is -0.362 e. The summed E-state index contributed by atoms with van der Waals surface area (Å²) in [5, 5.41) is 7.10. The highest BCUT2D eigenvalue weighted by Crippen LogP contribution is 2.09. The van der Waals surface area contributed by atoms with E-state index in [1.165, 1.54) is 16.7 Å². The monoisotopic (exact) mass is 284 g/mol. The predicted molar refractivity (Wildman–Crippen MR) is 90.3 cm³/mol. The maximum atomic E-state index is 5.29. The Morgan fingerprint density at radius 3 is 2.40 bits per heavy atom. The third kappa shape index (κ3) is 4.35. The Kier molecular flexibility index (Phi) is 5.13. The molecule has 0 unspecified atom stereocenters. The van der Waals surface area contributed by atoms with E-state index < -0.39 is 0 Å². The van der Waals surface area contributed by atoms with E-state index in [1.54, 1.807) is 0 Å². The van der Waals surface area contributed by atoms with Gasteiger partial charge in [-0.3, -0.25) is 0 Å². The lowest BCUT2D eigenvalue weighted by Crippen LogP contribution is -2.30. The first kappa shape index (κ1) is 14.5. The number of aryl methyl sites for hydroxylation is 2. The highest BCUT2D eigenvalue weighted by atomic mass is 32.1. The Morgan fingerprint density at radius 2 is 1.70 bits per heavy atom. The minimum absolute atomic E-state index is 0.669. The largest absolute Gasteiger partial charge is 0.362 e. The van der Waals surface area contributed by atoms with Gasteiger partial charge in [0, 0.05) is 12.2 Å². The lowest BCUT2D eigenvalue weighted by atomic mass is 10.1. The first-order valence-electron chi connectivity index (χ1n) is 6.81. The van der Waals surface area contributed by atoms with Gasteiger partial charge in [-0.05, 0) is 55.7 Å². The summed E-state index contributed by atoms with van der Waals surface area (Å²) in [7, 11) is 0. The zero-order valence-corrected chi connectivity index (χ0v) is 12.8. The Balaban J connectivity index is 1.78. The zero-order chi connectivity index (χ0) is 14.4. The lowest BCUT2D eigenvalue weighted by Gasteiger charge is -2.11. The molecule has 0 saturated heterocycles. The van der Waals surface area contributed by atoms with Crippen molar-refractivity contribution in [2.45, 2.75) is 20.3 Å². The van der Waals surface area contributed by atoms with Gasteiger partial charge in [-0.15, -0.1) is 0 Å². The molecule has 0 amide bonds. The van der Waals surface area contributed by atoms with Crippen LogP contribution in [-0.2, 0) is 6.42 Å². The predicted octanol–water partition coefficient (Wildman–Crippen LogP) is 3.83. The number of thiocarbonyl (C=S) groups is 1. The molecule has 0 spiro atoms. The minimum atomic E-state index is 0.669. The van der Waals surface area contributed by atoms with Crippen molar-refractivity contribution in [3.8, 4) is 0 Å². The van der Waals surface area contributed by atoms with Crippen LogP contribution < -0.4 is 10.6 Å². The second-order valence-electron chi connectivity index (χ2n) is 4.92. The van der Waals surface area contributed by atoms with Crippen molar-refractivity contribution >= 4 is 23.0 Å². The molecule has 0 aromatic heterocycles. The van der Waals surface area contributed by atoms with Crippen molar-refractivity contribution in [3.63, 3.8) is 0 Å². The summed E-state index contributed by atoms with van der Waals surface area (Å²) in [4.78, 5) is 0. The van der Waals surface area contributed by atoms with Crippen molar-refractivity contribution in [1.29, 1.82) is 0 Å². The molecule has 2 nitrogen and oxygen atoms in total. The van der Waals surface area contributed by atoms with E-state index in [2.05, 4.69) is 60.9 Å². The Labute approximate surface area is 126 Å². The van der Waals surface area contributed by atoms with Gasteiger partial charge >= 0.3 is 0 Å². The van der Waals surface area contributed by atoms with E-state index in [4.69, 9.17) is 12.2 Å².